The lowest BCUT2D eigenvalue weighted by Gasteiger charge is -2.12. The van der Waals surface area contributed by atoms with E-state index in [1.54, 1.807) is 6.07 Å². The number of ether oxygens (including phenoxy) is 1. The standard InChI is InChI=1S/C14H17F3N2O/c1-10(2)20-7-3-6-19-13-5-4-12(14(15,16)17)8-11(13)9-18/h4-5,8,10,19H,3,6-7H2,1-2H3. The lowest BCUT2D eigenvalue weighted by molar-refractivity contribution is -0.137. The maximum atomic E-state index is 12.5. The van der Waals surface area contributed by atoms with Crippen LogP contribution in [0.15, 0.2) is 18.2 Å². The van der Waals surface area contributed by atoms with Crippen LogP contribution in [0.25, 0.3) is 0 Å². The number of nitrogens with zero attached hydrogens (tertiary/aromatic N) is 1. The molecule has 0 aromatic heterocycles. The van der Waals surface area contributed by atoms with Gasteiger partial charge < -0.3 is 10.1 Å². The summed E-state index contributed by atoms with van der Waals surface area (Å²) in [5.41, 5.74) is -0.419. The van der Waals surface area contributed by atoms with Crippen molar-refractivity contribution < 1.29 is 17.9 Å². The Balaban J connectivity index is 2.61. The monoisotopic (exact) mass is 286 g/mol. The number of hydrogen-bond acceptors (Lipinski definition) is 3. The zero-order valence-electron chi connectivity index (χ0n) is 11.4. The molecule has 6 heteroatoms. The molecule has 0 spiro atoms. The van der Waals surface area contributed by atoms with Crippen molar-refractivity contribution in [3.8, 4) is 6.07 Å². The SMILES string of the molecule is CC(C)OCCCNc1ccc(C(F)(F)F)cc1C#N. The van der Waals surface area contributed by atoms with Crippen LogP contribution in [0.5, 0.6) is 0 Å². The van der Waals surface area contributed by atoms with Crippen molar-refractivity contribution in [1.82, 2.24) is 0 Å². The van der Waals surface area contributed by atoms with E-state index >= 15 is 0 Å². The minimum Gasteiger partial charge on any atom is -0.384 e. The number of hydrogen-bond donors (Lipinski definition) is 1. The average molecular weight is 286 g/mol. The summed E-state index contributed by atoms with van der Waals surface area (Å²) in [6.45, 7) is 4.95. The van der Waals surface area contributed by atoms with E-state index in [0.29, 0.717) is 25.3 Å². The predicted molar refractivity (Wildman–Crippen MR) is 70.4 cm³/mol. The Hall–Kier alpha value is -1.74. The summed E-state index contributed by atoms with van der Waals surface area (Å²) in [5, 5.41) is 11.8. The summed E-state index contributed by atoms with van der Waals surface area (Å²) < 4.78 is 42.9. The van der Waals surface area contributed by atoms with Gasteiger partial charge in [-0.25, -0.2) is 0 Å². The summed E-state index contributed by atoms with van der Waals surface area (Å²) in [4.78, 5) is 0. The van der Waals surface area contributed by atoms with Gasteiger partial charge in [0.05, 0.1) is 22.9 Å². The van der Waals surface area contributed by atoms with Gasteiger partial charge in [0, 0.05) is 13.2 Å². The first kappa shape index (κ1) is 16.3. The van der Waals surface area contributed by atoms with Gasteiger partial charge in [-0.3, -0.25) is 0 Å². The van der Waals surface area contributed by atoms with E-state index in [9.17, 15) is 13.2 Å². The highest BCUT2D eigenvalue weighted by Crippen LogP contribution is 2.31. The third kappa shape index (κ3) is 5.10. The van der Waals surface area contributed by atoms with Gasteiger partial charge in [0.2, 0.25) is 0 Å². The van der Waals surface area contributed by atoms with Crippen molar-refractivity contribution in [3.05, 3.63) is 29.3 Å². The zero-order valence-corrected chi connectivity index (χ0v) is 11.4. The summed E-state index contributed by atoms with van der Waals surface area (Å²) >= 11 is 0. The molecule has 0 heterocycles. The maximum absolute atomic E-state index is 12.5. The van der Waals surface area contributed by atoms with Crippen LogP contribution < -0.4 is 5.32 Å². The minimum atomic E-state index is -4.44. The molecule has 0 unspecified atom stereocenters. The van der Waals surface area contributed by atoms with Gasteiger partial charge in [-0.2, -0.15) is 18.4 Å². The fourth-order valence-corrected chi connectivity index (χ4v) is 1.58. The van der Waals surface area contributed by atoms with E-state index in [1.807, 2.05) is 13.8 Å². The van der Waals surface area contributed by atoms with Gasteiger partial charge in [-0.1, -0.05) is 0 Å². The maximum Gasteiger partial charge on any atom is 0.416 e. The molecular formula is C14H17F3N2O. The highest BCUT2D eigenvalue weighted by atomic mass is 19.4. The number of halogens is 3. The van der Waals surface area contributed by atoms with Crippen LogP contribution in [0.4, 0.5) is 18.9 Å². The van der Waals surface area contributed by atoms with Crippen LogP contribution in [0, 0.1) is 11.3 Å². The normalized spacial score (nSPS) is 11.4. The van der Waals surface area contributed by atoms with E-state index in [-0.39, 0.29) is 11.7 Å². The van der Waals surface area contributed by atoms with Crippen LogP contribution >= 0.6 is 0 Å². The Morgan fingerprint density at radius 2 is 2.05 bits per heavy atom. The molecule has 0 amide bonds. The summed E-state index contributed by atoms with van der Waals surface area (Å²) in [5.74, 6) is 0. The number of benzene rings is 1. The van der Waals surface area contributed by atoms with E-state index in [4.69, 9.17) is 10.00 Å². The topological polar surface area (TPSA) is 45.0 Å². The van der Waals surface area contributed by atoms with Gasteiger partial charge in [0.15, 0.2) is 0 Å². The Labute approximate surface area is 116 Å². The fraction of sp³-hybridized carbons (Fsp3) is 0.500. The Morgan fingerprint density at radius 3 is 2.60 bits per heavy atom. The van der Waals surface area contributed by atoms with Gasteiger partial charge in [-0.05, 0) is 38.5 Å². The largest absolute Gasteiger partial charge is 0.416 e. The number of rotatable bonds is 6. The van der Waals surface area contributed by atoms with E-state index in [1.165, 1.54) is 6.07 Å². The fourth-order valence-electron chi connectivity index (χ4n) is 1.58. The summed E-state index contributed by atoms with van der Waals surface area (Å²) in [6, 6.07) is 4.88. The van der Waals surface area contributed by atoms with E-state index < -0.39 is 11.7 Å². The van der Waals surface area contributed by atoms with Crippen molar-refractivity contribution in [3.63, 3.8) is 0 Å². The first-order valence-electron chi connectivity index (χ1n) is 6.31. The van der Waals surface area contributed by atoms with Crippen molar-refractivity contribution in [2.24, 2.45) is 0 Å². The lowest BCUT2D eigenvalue weighted by atomic mass is 10.1. The van der Waals surface area contributed by atoms with Gasteiger partial charge in [0.25, 0.3) is 0 Å². The molecule has 0 atom stereocenters. The average Bonchev–Trinajstić information content (AvgIpc) is 2.36. The molecule has 3 nitrogen and oxygen atoms in total. The van der Waals surface area contributed by atoms with Gasteiger partial charge >= 0.3 is 6.18 Å². The molecule has 1 rings (SSSR count). The third-order valence-corrected chi connectivity index (χ3v) is 2.56. The van der Waals surface area contributed by atoms with Crippen LogP contribution in [0.3, 0.4) is 0 Å². The smallest absolute Gasteiger partial charge is 0.384 e. The molecular weight excluding hydrogens is 269 g/mol. The molecule has 0 aliphatic heterocycles. The Bertz CT molecular complexity index is 478. The van der Waals surface area contributed by atoms with Crippen LogP contribution in [-0.2, 0) is 10.9 Å². The molecule has 0 bridgehead atoms. The van der Waals surface area contributed by atoms with Crippen LogP contribution in [0.1, 0.15) is 31.4 Å². The van der Waals surface area contributed by atoms with Crippen LogP contribution in [-0.4, -0.2) is 19.3 Å². The van der Waals surface area contributed by atoms with Crippen molar-refractivity contribution in [2.75, 3.05) is 18.5 Å². The molecule has 20 heavy (non-hydrogen) atoms. The predicted octanol–water partition coefficient (Wildman–Crippen LogP) is 3.80. The lowest BCUT2D eigenvalue weighted by Crippen LogP contribution is -2.11. The van der Waals surface area contributed by atoms with E-state index in [2.05, 4.69) is 5.32 Å². The molecule has 110 valence electrons. The van der Waals surface area contributed by atoms with Gasteiger partial charge in [-0.15, -0.1) is 0 Å². The molecule has 0 radical (unpaired) electrons. The molecule has 1 aromatic rings. The molecule has 0 fully saturated rings. The van der Waals surface area contributed by atoms with Gasteiger partial charge in [0.1, 0.15) is 6.07 Å². The summed E-state index contributed by atoms with van der Waals surface area (Å²) in [7, 11) is 0. The quantitative estimate of drug-likeness (QED) is 0.809. The molecule has 1 aromatic carbocycles. The third-order valence-electron chi connectivity index (χ3n) is 2.56. The highest BCUT2D eigenvalue weighted by molar-refractivity contribution is 5.58. The first-order chi connectivity index (χ1) is 9.34. The molecule has 1 N–H and O–H groups in total. The number of anilines is 1. The second kappa shape index (κ2) is 7.15. The minimum absolute atomic E-state index is 0.00963. The van der Waals surface area contributed by atoms with E-state index in [0.717, 1.165) is 12.1 Å². The molecule has 0 aliphatic carbocycles. The molecule has 0 saturated carbocycles. The Morgan fingerprint density at radius 1 is 1.35 bits per heavy atom. The second-order valence-corrected chi connectivity index (χ2v) is 4.57. The highest BCUT2D eigenvalue weighted by Gasteiger charge is 2.30. The summed E-state index contributed by atoms with van der Waals surface area (Å²) in [6.07, 6.45) is -3.57. The van der Waals surface area contributed by atoms with Crippen molar-refractivity contribution >= 4 is 5.69 Å². The number of nitrogens with one attached hydrogen (secondary N) is 1. The Kier molecular flexibility index (Phi) is 5.83. The number of alkyl halides is 3. The van der Waals surface area contributed by atoms with Crippen molar-refractivity contribution in [1.29, 1.82) is 5.26 Å². The molecule has 0 saturated heterocycles. The van der Waals surface area contributed by atoms with Crippen LogP contribution in [0.2, 0.25) is 0 Å². The zero-order chi connectivity index (χ0) is 15.2. The second-order valence-electron chi connectivity index (χ2n) is 4.57. The van der Waals surface area contributed by atoms with Crippen molar-refractivity contribution in [2.45, 2.75) is 32.5 Å². The number of nitriles is 1. The molecule has 0 aliphatic rings. The first-order valence-corrected chi connectivity index (χ1v) is 6.31.